The summed E-state index contributed by atoms with van der Waals surface area (Å²) in [5, 5.41) is 0. The molecule has 25 heavy (non-hydrogen) atoms. The molecular weight excluding hydrogens is 320 g/mol. The molecule has 1 aliphatic heterocycles. The second-order valence-electron chi connectivity index (χ2n) is 9.15. The third-order valence-corrected chi connectivity index (χ3v) is 7.36. The Hall–Kier alpha value is -0.940. The van der Waals surface area contributed by atoms with Crippen LogP contribution in [-0.2, 0) is 23.8 Å². The van der Waals surface area contributed by atoms with Crippen LogP contribution >= 0.6 is 0 Å². The third kappa shape index (κ3) is 2.66. The van der Waals surface area contributed by atoms with Crippen molar-refractivity contribution in [3.05, 3.63) is 0 Å². The fraction of sp³-hybridized carbons (Fsp3) is 0.900. The summed E-state index contributed by atoms with van der Waals surface area (Å²) in [6.45, 7) is 0.808. The fourth-order valence-corrected chi connectivity index (χ4v) is 6.37. The molecule has 0 radical (unpaired) electrons. The number of carbonyl (C=O) groups excluding carboxylic acids is 2. The van der Waals surface area contributed by atoms with Crippen molar-refractivity contribution in [1.29, 1.82) is 0 Å². The van der Waals surface area contributed by atoms with Crippen molar-refractivity contribution < 1.29 is 23.8 Å². The smallest absolute Gasteiger partial charge is 0.312 e. The third-order valence-electron chi connectivity index (χ3n) is 7.36. The summed E-state index contributed by atoms with van der Waals surface area (Å²) >= 11 is 0. The predicted octanol–water partition coefficient (Wildman–Crippen LogP) is 3.00. The first kappa shape index (κ1) is 16.2. The van der Waals surface area contributed by atoms with E-state index >= 15 is 0 Å². The molecular formula is C20H28O5. The van der Waals surface area contributed by atoms with E-state index in [1.54, 1.807) is 0 Å². The Morgan fingerprint density at radius 1 is 1.08 bits per heavy atom. The van der Waals surface area contributed by atoms with Crippen LogP contribution in [0.5, 0.6) is 0 Å². The summed E-state index contributed by atoms with van der Waals surface area (Å²) < 4.78 is 17.8. The van der Waals surface area contributed by atoms with E-state index in [1.165, 1.54) is 6.42 Å². The minimum absolute atomic E-state index is 0.0902. The van der Waals surface area contributed by atoms with E-state index in [9.17, 15) is 9.59 Å². The predicted molar refractivity (Wildman–Crippen MR) is 88.6 cm³/mol. The zero-order valence-corrected chi connectivity index (χ0v) is 14.8. The number of rotatable bonds is 3. The van der Waals surface area contributed by atoms with Gasteiger partial charge in [0, 0.05) is 24.7 Å². The highest BCUT2D eigenvalue weighted by atomic mass is 16.8. The summed E-state index contributed by atoms with van der Waals surface area (Å²) in [6, 6.07) is 0. The Morgan fingerprint density at radius 2 is 1.80 bits per heavy atom. The van der Waals surface area contributed by atoms with Gasteiger partial charge in [-0.1, -0.05) is 6.42 Å². The molecule has 0 aromatic heterocycles. The van der Waals surface area contributed by atoms with Crippen LogP contribution in [0, 0.1) is 23.2 Å². The summed E-state index contributed by atoms with van der Waals surface area (Å²) in [5.74, 6) is 0.659. The van der Waals surface area contributed by atoms with E-state index in [0.717, 1.165) is 44.9 Å². The summed E-state index contributed by atoms with van der Waals surface area (Å²) in [4.78, 5) is 25.2. The first-order chi connectivity index (χ1) is 12.1. The largest absolute Gasteiger partial charge is 0.462 e. The van der Waals surface area contributed by atoms with Gasteiger partial charge >= 0.3 is 5.97 Å². The van der Waals surface area contributed by atoms with Gasteiger partial charge in [-0.05, 0) is 50.9 Å². The molecule has 138 valence electrons. The van der Waals surface area contributed by atoms with Crippen molar-refractivity contribution in [2.45, 2.75) is 76.1 Å². The van der Waals surface area contributed by atoms with Crippen LogP contribution in [0.4, 0.5) is 0 Å². The van der Waals surface area contributed by atoms with Gasteiger partial charge in [0.2, 0.25) is 0 Å². The second kappa shape index (κ2) is 5.78. The molecule has 3 atom stereocenters. The molecule has 6 fully saturated rings. The van der Waals surface area contributed by atoms with E-state index in [-0.39, 0.29) is 30.5 Å². The standard InChI is InChI=1S/C20H28O5/c21-17-14-6-13-7-15(17)10-19(8-13,9-14)18(22)23-11-16-12-24-20(25-16)4-2-1-3-5-20/h13-16H,1-12H2. The molecule has 0 N–H and O–H groups in total. The van der Waals surface area contributed by atoms with Gasteiger partial charge in [0.05, 0.1) is 12.0 Å². The Kier molecular flexibility index (Phi) is 3.76. The van der Waals surface area contributed by atoms with Crippen LogP contribution < -0.4 is 0 Å². The molecule has 6 rings (SSSR count). The lowest BCUT2D eigenvalue weighted by atomic mass is 9.49. The lowest BCUT2D eigenvalue weighted by Gasteiger charge is -2.53. The van der Waals surface area contributed by atoms with Crippen LogP contribution in [0.1, 0.15) is 64.2 Å². The Balaban J connectivity index is 1.20. The normalized spacial score (nSPS) is 44.4. The molecule has 0 amide bonds. The SMILES string of the molecule is O=C1C2CC3CC1CC(C(=O)OCC1COC4(CCCCC4)O1)(C3)C2. The maximum Gasteiger partial charge on any atom is 0.312 e. The van der Waals surface area contributed by atoms with Crippen LogP contribution in [0.2, 0.25) is 0 Å². The van der Waals surface area contributed by atoms with E-state index in [1.807, 2.05) is 0 Å². The van der Waals surface area contributed by atoms with Crippen molar-refractivity contribution in [2.24, 2.45) is 23.2 Å². The van der Waals surface area contributed by atoms with E-state index in [2.05, 4.69) is 0 Å². The van der Waals surface area contributed by atoms with Crippen molar-refractivity contribution >= 4 is 11.8 Å². The van der Waals surface area contributed by atoms with Crippen LogP contribution in [0.15, 0.2) is 0 Å². The zero-order chi connectivity index (χ0) is 17.1. The van der Waals surface area contributed by atoms with Crippen LogP contribution in [-0.4, -0.2) is 36.9 Å². The van der Waals surface area contributed by atoms with Gasteiger partial charge < -0.3 is 14.2 Å². The van der Waals surface area contributed by atoms with E-state index < -0.39 is 11.2 Å². The average molecular weight is 348 g/mol. The highest BCUT2D eigenvalue weighted by Crippen LogP contribution is 2.59. The Bertz CT molecular complexity index is 561. The first-order valence-electron chi connectivity index (χ1n) is 10.1. The molecule has 5 saturated carbocycles. The van der Waals surface area contributed by atoms with Gasteiger partial charge in [0.15, 0.2) is 5.79 Å². The van der Waals surface area contributed by atoms with Crippen molar-refractivity contribution in [3.63, 3.8) is 0 Å². The second-order valence-corrected chi connectivity index (χ2v) is 9.15. The lowest BCUT2D eigenvalue weighted by molar-refractivity contribution is -0.196. The van der Waals surface area contributed by atoms with Crippen molar-refractivity contribution in [2.75, 3.05) is 13.2 Å². The van der Waals surface area contributed by atoms with Gasteiger partial charge in [-0.25, -0.2) is 0 Å². The first-order valence-corrected chi connectivity index (χ1v) is 10.1. The minimum Gasteiger partial charge on any atom is -0.462 e. The van der Waals surface area contributed by atoms with Gasteiger partial charge in [0.25, 0.3) is 0 Å². The molecule has 1 spiro atoms. The molecule has 4 bridgehead atoms. The molecule has 3 unspecified atom stereocenters. The number of ketones is 1. The molecule has 5 aliphatic carbocycles. The topological polar surface area (TPSA) is 61.8 Å². The highest BCUT2D eigenvalue weighted by Gasteiger charge is 2.59. The lowest BCUT2D eigenvalue weighted by Crippen LogP contribution is -2.55. The van der Waals surface area contributed by atoms with Gasteiger partial charge in [-0.15, -0.1) is 0 Å². The van der Waals surface area contributed by atoms with E-state index in [4.69, 9.17) is 14.2 Å². The number of Topliss-reactive ketones (excluding diaryl/α,β-unsaturated/α-hetero) is 1. The van der Waals surface area contributed by atoms with Gasteiger partial charge in [-0.3, -0.25) is 9.59 Å². The molecule has 0 aromatic rings. The fourth-order valence-electron chi connectivity index (χ4n) is 6.37. The number of carbonyl (C=O) groups is 2. The van der Waals surface area contributed by atoms with Crippen molar-refractivity contribution in [1.82, 2.24) is 0 Å². The summed E-state index contributed by atoms with van der Waals surface area (Å²) in [7, 11) is 0. The maximum atomic E-state index is 12.9. The number of hydrogen-bond donors (Lipinski definition) is 0. The Labute approximate surface area is 148 Å². The molecule has 6 aliphatic rings. The van der Waals surface area contributed by atoms with Gasteiger partial charge in [-0.2, -0.15) is 0 Å². The van der Waals surface area contributed by atoms with Crippen molar-refractivity contribution in [3.8, 4) is 0 Å². The average Bonchev–Trinajstić information content (AvgIpc) is 2.99. The van der Waals surface area contributed by atoms with Crippen LogP contribution in [0.3, 0.4) is 0 Å². The quantitative estimate of drug-likeness (QED) is 0.734. The molecule has 5 heteroatoms. The summed E-state index contributed by atoms with van der Waals surface area (Å²) in [6.07, 6.45) is 9.63. The molecule has 0 aromatic carbocycles. The molecule has 1 heterocycles. The highest BCUT2D eigenvalue weighted by molar-refractivity contribution is 5.89. The Morgan fingerprint density at radius 3 is 2.52 bits per heavy atom. The molecule has 1 saturated heterocycles. The van der Waals surface area contributed by atoms with Crippen LogP contribution in [0.25, 0.3) is 0 Å². The number of hydrogen-bond acceptors (Lipinski definition) is 5. The zero-order valence-electron chi connectivity index (χ0n) is 14.8. The number of esters is 1. The summed E-state index contributed by atoms with van der Waals surface area (Å²) in [5.41, 5.74) is -0.396. The minimum atomic E-state index is -0.414. The van der Waals surface area contributed by atoms with Gasteiger partial charge in [0.1, 0.15) is 18.5 Å². The maximum absolute atomic E-state index is 12.9. The number of ether oxygens (including phenoxy) is 3. The molecule has 5 nitrogen and oxygen atoms in total. The monoisotopic (exact) mass is 348 g/mol. The van der Waals surface area contributed by atoms with E-state index in [0.29, 0.717) is 31.1 Å².